The normalized spacial score (nSPS) is 12.3. The average Bonchev–Trinajstić information content (AvgIpc) is 3.26. The maximum Gasteiger partial charge on any atom is 0.237 e. The Morgan fingerprint density at radius 2 is 1.92 bits per heavy atom. The number of furan rings is 1. The van der Waals surface area contributed by atoms with Gasteiger partial charge in [-0.05, 0) is 42.7 Å². The van der Waals surface area contributed by atoms with Gasteiger partial charge >= 0.3 is 0 Å². The van der Waals surface area contributed by atoms with Crippen LogP contribution in [0.15, 0.2) is 52.2 Å². The highest BCUT2D eigenvalue weighted by Crippen LogP contribution is 2.26. The van der Waals surface area contributed by atoms with Gasteiger partial charge in [-0.3, -0.25) is 4.79 Å². The van der Waals surface area contributed by atoms with E-state index in [1.54, 1.807) is 19.1 Å². The van der Waals surface area contributed by atoms with E-state index >= 15 is 0 Å². The smallest absolute Gasteiger partial charge is 0.237 e. The second kappa shape index (κ2) is 7.65. The van der Waals surface area contributed by atoms with Crippen molar-refractivity contribution in [2.45, 2.75) is 37.1 Å². The van der Waals surface area contributed by atoms with E-state index in [0.29, 0.717) is 22.7 Å². The zero-order valence-electron chi connectivity index (χ0n) is 14.8. The number of benzene rings is 1. The molecule has 136 valence electrons. The van der Waals surface area contributed by atoms with Gasteiger partial charge < -0.3 is 15.6 Å². The molecule has 1 aromatic carbocycles. The van der Waals surface area contributed by atoms with Gasteiger partial charge in [0.15, 0.2) is 5.76 Å². The highest BCUT2D eigenvalue weighted by atomic mass is 32.2. The molecule has 0 saturated carbocycles. The number of hydrogen-bond donors (Lipinski definition) is 2. The van der Waals surface area contributed by atoms with E-state index in [1.165, 1.54) is 28.3 Å². The van der Waals surface area contributed by atoms with Crippen LogP contribution in [0.5, 0.6) is 0 Å². The van der Waals surface area contributed by atoms with Crippen molar-refractivity contribution < 1.29 is 9.21 Å². The van der Waals surface area contributed by atoms with Gasteiger partial charge in [0.05, 0.1) is 11.5 Å². The maximum absolute atomic E-state index is 12.4. The van der Waals surface area contributed by atoms with Crippen molar-refractivity contribution in [2.75, 3.05) is 11.2 Å². The summed E-state index contributed by atoms with van der Waals surface area (Å²) in [5.74, 6) is 7.28. The van der Waals surface area contributed by atoms with E-state index in [2.05, 4.69) is 29.4 Å². The van der Waals surface area contributed by atoms with E-state index in [4.69, 9.17) is 10.3 Å². The number of nitrogen functional groups attached to an aromatic ring is 1. The molecule has 8 heteroatoms. The number of amides is 1. The largest absolute Gasteiger partial charge is 0.461 e. The van der Waals surface area contributed by atoms with Crippen LogP contribution >= 0.6 is 11.8 Å². The van der Waals surface area contributed by atoms with Crippen LogP contribution in [0.4, 0.5) is 5.69 Å². The quantitative estimate of drug-likeness (QED) is 0.508. The molecule has 0 aliphatic rings. The van der Waals surface area contributed by atoms with E-state index in [1.807, 2.05) is 24.3 Å². The van der Waals surface area contributed by atoms with Crippen molar-refractivity contribution in [3.8, 4) is 11.6 Å². The van der Waals surface area contributed by atoms with Crippen molar-refractivity contribution in [3.05, 3.63) is 48.2 Å². The molecule has 3 rings (SSSR count). The molecule has 26 heavy (non-hydrogen) atoms. The average molecular weight is 371 g/mol. The van der Waals surface area contributed by atoms with Crippen LogP contribution in [-0.2, 0) is 4.79 Å². The third-order valence-corrected chi connectivity index (χ3v) is 4.96. The molecular formula is C18H21N5O2S. The molecule has 0 unspecified atom stereocenters. The summed E-state index contributed by atoms with van der Waals surface area (Å²) in [5.41, 5.74) is 1.99. The number of aromatic nitrogens is 3. The van der Waals surface area contributed by atoms with Crippen molar-refractivity contribution in [1.82, 2.24) is 14.9 Å². The lowest BCUT2D eigenvalue weighted by molar-refractivity contribution is -0.115. The van der Waals surface area contributed by atoms with Gasteiger partial charge in [0.25, 0.3) is 0 Å². The van der Waals surface area contributed by atoms with E-state index < -0.39 is 5.25 Å². The molecule has 0 saturated heterocycles. The fraction of sp³-hybridized carbons (Fsp3) is 0.278. The van der Waals surface area contributed by atoms with Crippen LogP contribution in [0.25, 0.3) is 11.6 Å². The molecule has 2 heterocycles. The van der Waals surface area contributed by atoms with Gasteiger partial charge in [0.1, 0.15) is 0 Å². The van der Waals surface area contributed by atoms with E-state index in [9.17, 15) is 4.79 Å². The van der Waals surface area contributed by atoms with Crippen LogP contribution in [0.1, 0.15) is 32.3 Å². The summed E-state index contributed by atoms with van der Waals surface area (Å²) in [5, 5.41) is 11.0. The Morgan fingerprint density at radius 3 is 2.54 bits per heavy atom. The molecule has 1 amide bonds. The Labute approximate surface area is 156 Å². The number of nitrogens with two attached hydrogens (primary N) is 1. The minimum atomic E-state index is -0.393. The van der Waals surface area contributed by atoms with Crippen LogP contribution in [0, 0.1) is 0 Å². The fourth-order valence-corrected chi connectivity index (χ4v) is 3.11. The first-order valence-electron chi connectivity index (χ1n) is 8.27. The molecule has 0 radical (unpaired) electrons. The monoisotopic (exact) mass is 371 g/mol. The number of nitrogens with zero attached hydrogens (tertiary/aromatic N) is 3. The molecule has 3 aromatic rings. The van der Waals surface area contributed by atoms with Gasteiger partial charge in [-0.1, -0.05) is 37.7 Å². The van der Waals surface area contributed by atoms with Crippen molar-refractivity contribution >= 4 is 23.4 Å². The Kier molecular flexibility index (Phi) is 5.32. The summed E-state index contributed by atoms with van der Waals surface area (Å²) in [6, 6.07) is 11.3. The lowest BCUT2D eigenvalue weighted by Gasteiger charge is -2.12. The van der Waals surface area contributed by atoms with Crippen molar-refractivity contribution in [1.29, 1.82) is 0 Å². The molecule has 3 N–H and O–H groups in total. The van der Waals surface area contributed by atoms with Crippen LogP contribution < -0.4 is 11.2 Å². The molecule has 0 aliphatic carbocycles. The first-order valence-corrected chi connectivity index (χ1v) is 9.15. The summed E-state index contributed by atoms with van der Waals surface area (Å²) < 4.78 is 6.60. The molecule has 7 nitrogen and oxygen atoms in total. The Bertz CT molecular complexity index is 872. The predicted octanol–water partition coefficient (Wildman–Crippen LogP) is 3.49. The second-order valence-electron chi connectivity index (χ2n) is 6.18. The van der Waals surface area contributed by atoms with Gasteiger partial charge in [0, 0.05) is 5.69 Å². The summed E-state index contributed by atoms with van der Waals surface area (Å²) >= 11 is 1.23. The van der Waals surface area contributed by atoms with Crippen molar-refractivity contribution in [3.63, 3.8) is 0 Å². The minimum Gasteiger partial charge on any atom is -0.461 e. The summed E-state index contributed by atoms with van der Waals surface area (Å²) in [7, 11) is 0. The minimum absolute atomic E-state index is 0.130. The van der Waals surface area contributed by atoms with Gasteiger partial charge in [-0.25, -0.2) is 4.68 Å². The highest BCUT2D eigenvalue weighted by Gasteiger charge is 2.21. The number of rotatable bonds is 6. The zero-order valence-corrected chi connectivity index (χ0v) is 15.7. The zero-order chi connectivity index (χ0) is 18.7. The number of hydrogen-bond acceptors (Lipinski definition) is 6. The predicted molar refractivity (Wildman–Crippen MR) is 102 cm³/mol. The van der Waals surface area contributed by atoms with Crippen LogP contribution in [-0.4, -0.2) is 26.0 Å². The lowest BCUT2D eigenvalue weighted by atomic mass is 10.0. The van der Waals surface area contributed by atoms with Gasteiger partial charge in [-0.2, -0.15) is 0 Å². The number of anilines is 1. The third-order valence-electron chi connectivity index (χ3n) is 3.90. The van der Waals surface area contributed by atoms with E-state index in [0.717, 1.165) is 5.69 Å². The Morgan fingerprint density at radius 1 is 1.19 bits per heavy atom. The number of carbonyl (C=O) groups excluding carboxylic acids is 1. The summed E-state index contributed by atoms with van der Waals surface area (Å²) in [6.45, 7) is 6.06. The molecule has 2 aromatic heterocycles. The number of carbonyl (C=O) groups is 1. The SMILES string of the molecule is CC(C)c1ccc(NC(=O)[C@H](C)Sc2nnc(-c3ccco3)n2N)cc1. The number of thioether (sulfide) groups is 1. The Hall–Kier alpha value is -2.74. The highest BCUT2D eigenvalue weighted by molar-refractivity contribution is 8.00. The summed E-state index contributed by atoms with van der Waals surface area (Å²) in [6.07, 6.45) is 1.54. The standard InChI is InChI=1S/C18H21N5O2S/c1-11(2)13-6-8-14(9-7-13)20-17(24)12(3)26-18-22-21-16(23(18)19)15-5-4-10-25-15/h4-12H,19H2,1-3H3,(H,20,24)/t12-/m0/s1. The lowest BCUT2D eigenvalue weighted by Crippen LogP contribution is -2.23. The van der Waals surface area contributed by atoms with E-state index in [-0.39, 0.29) is 5.91 Å². The summed E-state index contributed by atoms with van der Waals surface area (Å²) in [4.78, 5) is 12.4. The molecule has 1 atom stereocenters. The van der Waals surface area contributed by atoms with Gasteiger partial charge in [0.2, 0.25) is 16.9 Å². The van der Waals surface area contributed by atoms with Crippen LogP contribution in [0.2, 0.25) is 0 Å². The van der Waals surface area contributed by atoms with Crippen molar-refractivity contribution in [2.24, 2.45) is 0 Å². The Balaban J connectivity index is 1.64. The van der Waals surface area contributed by atoms with Crippen LogP contribution in [0.3, 0.4) is 0 Å². The first kappa shape index (κ1) is 18.1. The third kappa shape index (κ3) is 3.91. The van der Waals surface area contributed by atoms with Gasteiger partial charge in [-0.15, -0.1) is 10.2 Å². The molecular weight excluding hydrogens is 350 g/mol. The number of nitrogens with one attached hydrogen (secondary N) is 1. The fourth-order valence-electron chi connectivity index (χ4n) is 2.34. The molecule has 0 aliphatic heterocycles. The molecule has 0 spiro atoms. The molecule has 0 bridgehead atoms. The topological polar surface area (TPSA) is 99.0 Å². The second-order valence-corrected chi connectivity index (χ2v) is 7.49. The molecule has 0 fully saturated rings. The maximum atomic E-state index is 12.4. The first-order chi connectivity index (χ1) is 12.5.